The monoisotopic (exact) mass is 366 g/mol. The van der Waals surface area contributed by atoms with Crippen LogP contribution in [-0.4, -0.2) is 23.1 Å². The average Bonchev–Trinajstić information content (AvgIpc) is 2.93. The van der Waals surface area contributed by atoms with E-state index < -0.39 is 11.1 Å². The molecule has 2 nitrogen and oxygen atoms in total. The number of hydrogen-bond acceptors (Lipinski definition) is 2. The third-order valence-electron chi connectivity index (χ3n) is 8.59. The highest BCUT2D eigenvalue weighted by molar-refractivity contribution is 6.28. The molecule has 0 unspecified atom stereocenters. The Balaban J connectivity index is 1.71. The van der Waals surface area contributed by atoms with Gasteiger partial charge in [-0.25, -0.2) is 4.39 Å². The summed E-state index contributed by atoms with van der Waals surface area (Å²) in [6.45, 7) is 4.26. The van der Waals surface area contributed by atoms with E-state index in [1.807, 2.05) is 0 Å². The van der Waals surface area contributed by atoms with Gasteiger partial charge in [0.1, 0.15) is 5.67 Å². The van der Waals surface area contributed by atoms with Gasteiger partial charge in [0, 0.05) is 17.8 Å². The molecule has 138 valence electrons. The quantitative estimate of drug-likeness (QED) is 0.642. The van der Waals surface area contributed by atoms with Crippen LogP contribution in [0.1, 0.15) is 65.2 Å². The van der Waals surface area contributed by atoms with Crippen molar-refractivity contribution in [1.29, 1.82) is 0 Å². The van der Waals surface area contributed by atoms with Gasteiger partial charge in [-0.15, -0.1) is 11.6 Å². The fourth-order valence-electron chi connectivity index (χ4n) is 7.07. The van der Waals surface area contributed by atoms with E-state index in [2.05, 4.69) is 13.8 Å². The van der Waals surface area contributed by atoms with Crippen LogP contribution in [0.15, 0.2) is 11.6 Å². The van der Waals surface area contributed by atoms with Gasteiger partial charge in [0.25, 0.3) is 0 Å². The molecule has 3 fully saturated rings. The van der Waals surface area contributed by atoms with E-state index in [1.165, 1.54) is 0 Å². The second-order valence-corrected chi connectivity index (χ2v) is 9.59. The Hall–Kier alpha value is -0.700. The van der Waals surface area contributed by atoms with Crippen LogP contribution >= 0.6 is 11.6 Å². The van der Waals surface area contributed by atoms with Crippen molar-refractivity contribution in [3.8, 4) is 0 Å². The van der Waals surface area contributed by atoms with Crippen LogP contribution < -0.4 is 0 Å². The lowest BCUT2D eigenvalue weighted by atomic mass is 9.45. The van der Waals surface area contributed by atoms with Crippen LogP contribution in [0, 0.1) is 28.6 Å². The zero-order chi connectivity index (χ0) is 18.0. The van der Waals surface area contributed by atoms with Gasteiger partial charge in [0.15, 0.2) is 11.6 Å². The molecular weight excluding hydrogens is 339 g/mol. The number of Topliss-reactive ketones (excluding diaryl/α,β-unsaturated/α-hetero) is 1. The van der Waals surface area contributed by atoms with E-state index in [0.717, 1.165) is 37.7 Å². The van der Waals surface area contributed by atoms with E-state index in [1.54, 1.807) is 6.08 Å². The number of carbonyl (C=O) groups is 2. The minimum atomic E-state index is -1.24. The van der Waals surface area contributed by atoms with Crippen molar-refractivity contribution in [1.82, 2.24) is 0 Å². The van der Waals surface area contributed by atoms with Crippen molar-refractivity contribution in [2.75, 3.05) is 5.88 Å². The van der Waals surface area contributed by atoms with Crippen LogP contribution in [0.25, 0.3) is 0 Å². The Kier molecular flexibility index (Phi) is 4.00. The summed E-state index contributed by atoms with van der Waals surface area (Å²) in [5.41, 5.74) is -0.799. The maximum absolute atomic E-state index is 16.6. The standard InChI is InChI=1S/C21H28ClFO2/c1-19-9-10-21(23)16(15(19)5-6-17(19)18(25)12-22)4-3-13-11-14(24)7-8-20(13,21)2/h11,15-17H,3-10,12H2,1-2H3/t15-,16-,17+,19-,20-,21+/m0/s1. The van der Waals surface area contributed by atoms with E-state index >= 15 is 4.39 Å². The van der Waals surface area contributed by atoms with Gasteiger partial charge >= 0.3 is 0 Å². The summed E-state index contributed by atoms with van der Waals surface area (Å²) in [7, 11) is 0. The molecule has 0 bridgehead atoms. The van der Waals surface area contributed by atoms with Gasteiger partial charge in [0.2, 0.25) is 0 Å². The summed E-state index contributed by atoms with van der Waals surface area (Å²) >= 11 is 5.85. The topological polar surface area (TPSA) is 34.1 Å². The number of allylic oxidation sites excluding steroid dienone is 1. The molecule has 0 spiro atoms. The van der Waals surface area contributed by atoms with Gasteiger partial charge in [-0.05, 0) is 68.3 Å². The Morgan fingerprint density at radius 3 is 2.64 bits per heavy atom. The Bertz CT molecular complexity index is 658. The summed E-state index contributed by atoms with van der Waals surface area (Å²) in [5.74, 6) is 0.643. The first-order chi connectivity index (χ1) is 11.8. The molecule has 0 amide bonds. The van der Waals surface area contributed by atoms with Gasteiger partial charge in [0.05, 0.1) is 5.88 Å². The molecule has 3 saturated carbocycles. The number of ketones is 2. The number of halogens is 2. The fourth-order valence-corrected chi connectivity index (χ4v) is 7.26. The van der Waals surface area contributed by atoms with Gasteiger partial charge in [-0.1, -0.05) is 19.4 Å². The fraction of sp³-hybridized carbons (Fsp3) is 0.810. The van der Waals surface area contributed by atoms with Crippen LogP contribution in [-0.2, 0) is 9.59 Å². The maximum atomic E-state index is 16.6. The summed E-state index contributed by atoms with van der Waals surface area (Å²) in [6, 6.07) is 0. The molecule has 4 aliphatic rings. The molecule has 0 aromatic rings. The normalized spacial score (nSPS) is 49.0. The van der Waals surface area contributed by atoms with Gasteiger partial charge < -0.3 is 0 Å². The Morgan fingerprint density at radius 2 is 1.92 bits per heavy atom. The third kappa shape index (κ3) is 2.20. The van der Waals surface area contributed by atoms with Crippen LogP contribution in [0.3, 0.4) is 0 Å². The molecule has 0 saturated heterocycles. The first-order valence-corrected chi connectivity index (χ1v) is 10.3. The highest BCUT2D eigenvalue weighted by Gasteiger charge is 2.67. The van der Waals surface area contributed by atoms with Crippen molar-refractivity contribution < 1.29 is 14.0 Å². The predicted molar refractivity (Wildman–Crippen MR) is 96.3 cm³/mol. The molecule has 4 rings (SSSR count). The number of fused-ring (bicyclic) bond motifs is 5. The van der Waals surface area contributed by atoms with Crippen LogP contribution in [0.2, 0.25) is 0 Å². The molecule has 0 aromatic heterocycles. The second kappa shape index (κ2) is 5.65. The first kappa shape index (κ1) is 17.7. The van der Waals surface area contributed by atoms with Crippen molar-refractivity contribution in [2.24, 2.45) is 28.6 Å². The van der Waals surface area contributed by atoms with E-state index in [-0.39, 0.29) is 40.6 Å². The average molecular weight is 367 g/mol. The number of rotatable bonds is 2. The zero-order valence-electron chi connectivity index (χ0n) is 15.2. The number of alkyl halides is 2. The highest BCUT2D eigenvalue weighted by Crippen LogP contribution is 2.69. The molecule has 0 radical (unpaired) electrons. The zero-order valence-corrected chi connectivity index (χ0v) is 16.0. The van der Waals surface area contributed by atoms with Gasteiger partial charge in [-0.2, -0.15) is 0 Å². The number of carbonyl (C=O) groups excluding carboxylic acids is 2. The van der Waals surface area contributed by atoms with Crippen molar-refractivity contribution in [3.05, 3.63) is 11.6 Å². The van der Waals surface area contributed by atoms with Crippen molar-refractivity contribution in [3.63, 3.8) is 0 Å². The molecular formula is C21H28ClFO2. The molecule has 0 heterocycles. The summed E-state index contributed by atoms with van der Waals surface area (Å²) < 4.78 is 16.6. The predicted octanol–water partition coefficient (Wildman–Crippen LogP) is 5.03. The summed E-state index contributed by atoms with van der Waals surface area (Å²) in [5, 5.41) is 0. The summed E-state index contributed by atoms with van der Waals surface area (Å²) in [6.07, 6.45) is 7.56. The Morgan fingerprint density at radius 1 is 1.16 bits per heavy atom. The lowest BCUT2D eigenvalue weighted by Gasteiger charge is -2.61. The van der Waals surface area contributed by atoms with Gasteiger partial charge in [-0.3, -0.25) is 9.59 Å². The SMILES string of the molecule is C[C@]12CC[C@@]3(F)[C@@H](CCC4=CC(=O)CC[C@@]43C)[C@@H]1CC[C@@H]2C(=O)CCl. The highest BCUT2D eigenvalue weighted by atomic mass is 35.5. The number of hydrogen-bond donors (Lipinski definition) is 0. The lowest BCUT2D eigenvalue weighted by Crippen LogP contribution is -2.60. The van der Waals surface area contributed by atoms with E-state index in [0.29, 0.717) is 19.3 Å². The third-order valence-corrected chi connectivity index (χ3v) is 8.85. The second-order valence-electron chi connectivity index (χ2n) is 9.32. The van der Waals surface area contributed by atoms with Crippen LogP contribution in [0.4, 0.5) is 4.39 Å². The molecule has 4 heteroatoms. The van der Waals surface area contributed by atoms with Crippen LogP contribution in [0.5, 0.6) is 0 Å². The van der Waals surface area contributed by atoms with E-state index in [9.17, 15) is 9.59 Å². The largest absolute Gasteiger partial charge is 0.298 e. The first-order valence-electron chi connectivity index (χ1n) is 9.78. The molecule has 25 heavy (non-hydrogen) atoms. The molecule has 0 aromatic carbocycles. The van der Waals surface area contributed by atoms with Crippen molar-refractivity contribution in [2.45, 2.75) is 70.9 Å². The molecule has 0 N–H and O–H groups in total. The molecule has 6 atom stereocenters. The summed E-state index contributed by atoms with van der Waals surface area (Å²) in [4.78, 5) is 24.2. The smallest absolute Gasteiger partial charge is 0.155 e. The maximum Gasteiger partial charge on any atom is 0.155 e. The molecule has 4 aliphatic carbocycles. The Labute approximate surface area is 154 Å². The van der Waals surface area contributed by atoms with Crippen molar-refractivity contribution >= 4 is 23.2 Å². The minimum Gasteiger partial charge on any atom is -0.298 e. The minimum absolute atomic E-state index is 0.00257. The molecule has 0 aliphatic heterocycles. The van der Waals surface area contributed by atoms with E-state index in [4.69, 9.17) is 11.6 Å². The lowest BCUT2D eigenvalue weighted by molar-refractivity contribution is -0.152.